The smallest absolute Gasteiger partial charge is 0.150 e. The van der Waals surface area contributed by atoms with E-state index in [4.69, 9.17) is 21.3 Å². The Morgan fingerprint density at radius 1 is 1.20 bits per heavy atom. The summed E-state index contributed by atoms with van der Waals surface area (Å²) in [6, 6.07) is 15.2. The molecule has 1 aliphatic heterocycles. The van der Waals surface area contributed by atoms with E-state index in [0.29, 0.717) is 31.0 Å². The molecule has 2 aromatic carbocycles. The Morgan fingerprint density at radius 2 is 1.97 bits per heavy atom. The van der Waals surface area contributed by atoms with Gasteiger partial charge in [0.15, 0.2) is 9.84 Å². The Labute approximate surface area is 181 Å². The number of sulfone groups is 1. The second-order valence-corrected chi connectivity index (χ2v) is 10.6. The molecule has 0 unspecified atom stereocenters. The van der Waals surface area contributed by atoms with Gasteiger partial charge in [-0.3, -0.25) is 0 Å². The molecule has 0 amide bonds. The van der Waals surface area contributed by atoms with Crippen LogP contribution in [0.1, 0.15) is 17.8 Å². The van der Waals surface area contributed by atoms with Gasteiger partial charge in [-0.15, -0.1) is 0 Å². The fraction of sp³-hybridized carbons (Fsp3) is 0.409. The van der Waals surface area contributed by atoms with Crippen molar-refractivity contribution in [3.8, 4) is 0 Å². The minimum absolute atomic E-state index is 0.0730. The van der Waals surface area contributed by atoms with Crippen molar-refractivity contribution in [1.82, 2.24) is 9.55 Å². The van der Waals surface area contributed by atoms with Crippen LogP contribution in [0.25, 0.3) is 11.0 Å². The average Bonchev–Trinajstić information content (AvgIpc) is 3.23. The molecule has 1 saturated heterocycles. The maximum Gasteiger partial charge on any atom is 0.150 e. The lowest BCUT2D eigenvalue weighted by Crippen LogP contribution is -2.24. The van der Waals surface area contributed by atoms with Gasteiger partial charge in [0.05, 0.1) is 48.4 Å². The number of aliphatic hydroxyl groups is 1. The average molecular weight is 449 g/mol. The van der Waals surface area contributed by atoms with Gasteiger partial charge < -0.3 is 14.4 Å². The van der Waals surface area contributed by atoms with Crippen LogP contribution in [0.5, 0.6) is 0 Å². The van der Waals surface area contributed by atoms with Crippen molar-refractivity contribution in [3.63, 3.8) is 0 Å². The highest BCUT2D eigenvalue weighted by Gasteiger charge is 2.29. The van der Waals surface area contributed by atoms with E-state index in [9.17, 15) is 13.5 Å². The third-order valence-corrected chi connectivity index (χ3v) is 7.51. The van der Waals surface area contributed by atoms with Gasteiger partial charge in [-0.2, -0.15) is 0 Å². The van der Waals surface area contributed by atoms with Crippen molar-refractivity contribution in [2.45, 2.75) is 32.1 Å². The van der Waals surface area contributed by atoms with Gasteiger partial charge in [-0.05, 0) is 42.2 Å². The van der Waals surface area contributed by atoms with Crippen molar-refractivity contribution in [1.29, 1.82) is 0 Å². The minimum atomic E-state index is -2.94. The maximum atomic E-state index is 11.8. The van der Waals surface area contributed by atoms with Gasteiger partial charge in [-0.25, -0.2) is 13.4 Å². The number of halogens is 1. The van der Waals surface area contributed by atoms with E-state index < -0.39 is 15.9 Å². The number of para-hydroxylation sites is 2. The predicted molar refractivity (Wildman–Crippen MR) is 117 cm³/mol. The summed E-state index contributed by atoms with van der Waals surface area (Å²) in [5.74, 6) is 1.35. The van der Waals surface area contributed by atoms with Crippen LogP contribution in [0.4, 0.5) is 0 Å². The third-order valence-electron chi connectivity index (χ3n) is 5.42. The number of ether oxygens (including phenoxy) is 1. The third kappa shape index (κ3) is 5.21. The predicted octanol–water partition coefficient (Wildman–Crippen LogP) is 3.24. The SMILES string of the molecule is O=S1(=O)CC[C@@H](Cc2nc3ccccc3n2C[C@H](O)COCc2ccc(Cl)cc2)C1. The zero-order valence-corrected chi connectivity index (χ0v) is 18.1. The Morgan fingerprint density at radius 3 is 2.70 bits per heavy atom. The summed E-state index contributed by atoms with van der Waals surface area (Å²) in [4.78, 5) is 4.72. The van der Waals surface area contributed by atoms with Crippen LogP contribution < -0.4 is 0 Å². The van der Waals surface area contributed by atoms with E-state index in [1.807, 2.05) is 53.1 Å². The van der Waals surface area contributed by atoms with Crippen LogP contribution in [0.15, 0.2) is 48.5 Å². The van der Waals surface area contributed by atoms with Crippen molar-refractivity contribution in [2.24, 2.45) is 5.92 Å². The number of hydrogen-bond donors (Lipinski definition) is 1. The monoisotopic (exact) mass is 448 g/mol. The zero-order chi connectivity index (χ0) is 21.1. The molecule has 1 N–H and O–H groups in total. The van der Waals surface area contributed by atoms with Crippen LogP contribution in [0.3, 0.4) is 0 Å². The molecule has 2 heterocycles. The highest BCUT2D eigenvalue weighted by atomic mass is 35.5. The highest BCUT2D eigenvalue weighted by molar-refractivity contribution is 7.91. The molecule has 0 spiro atoms. The number of rotatable bonds is 8. The molecular formula is C22H25ClN2O4S. The van der Waals surface area contributed by atoms with Crippen LogP contribution in [0.2, 0.25) is 5.02 Å². The van der Waals surface area contributed by atoms with Crippen molar-refractivity contribution >= 4 is 32.5 Å². The van der Waals surface area contributed by atoms with Crippen LogP contribution in [0, 0.1) is 5.92 Å². The molecule has 1 fully saturated rings. The first kappa shape index (κ1) is 21.3. The molecule has 3 aromatic rings. The van der Waals surface area contributed by atoms with Crippen molar-refractivity contribution in [3.05, 3.63) is 64.9 Å². The first-order valence-electron chi connectivity index (χ1n) is 10.0. The molecule has 6 nitrogen and oxygen atoms in total. The fourth-order valence-corrected chi connectivity index (χ4v) is 5.92. The van der Waals surface area contributed by atoms with Crippen LogP contribution in [-0.2, 0) is 34.1 Å². The summed E-state index contributed by atoms with van der Waals surface area (Å²) >= 11 is 5.89. The van der Waals surface area contributed by atoms with E-state index >= 15 is 0 Å². The van der Waals surface area contributed by atoms with E-state index in [2.05, 4.69) is 0 Å². The van der Waals surface area contributed by atoms with Crippen LogP contribution >= 0.6 is 11.6 Å². The summed E-state index contributed by atoms with van der Waals surface area (Å²) in [5, 5.41) is 11.3. The summed E-state index contributed by atoms with van der Waals surface area (Å²) < 4.78 is 31.3. The van der Waals surface area contributed by atoms with Crippen LogP contribution in [-0.4, -0.2) is 47.3 Å². The molecule has 8 heteroatoms. The summed E-state index contributed by atoms with van der Waals surface area (Å²) in [7, 11) is -2.94. The molecule has 4 rings (SSSR count). The van der Waals surface area contributed by atoms with Gasteiger partial charge in [-0.1, -0.05) is 35.9 Å². The molecule has 1 aromatic heterocycles. The number of fused-ring (bicyclic) bond motifs is 1. The lowest BCUT2D eigenvalue weighted by atomic mass is 10.1. The first-order valence-corrected chi connectivity index (χ1v) is 12.2. The Bertz CT molecular complexity index is 1110. The standard InChI is InChI=1S/C22H25ClN2O4S/c23-18-7-5-16(6-8-18)13-29-14-19(26)12-25-21-4-2-1-3-20(21)24-22(25)11-17-9-10-30(27,28)15-17/h1-8,17,19,26H,9-15H2/t17-,19-/m0/s1. The summed E-state index contributed by atoms with van der Waals surface area (Å²) in [6.07, 6.45) is 0.547. The molecule has 0 radical (unpaired) electrons. The minimum Gasteiger partial charge on any atom is -0.389 e. The number of nitrogens with zero attached hydrogens (tertiary/aromatic N) is 2. The lowest BCUT2D eigenvalue weighted by Gasteiger charge is -2.16. The van der Waals surface area contributed by atoms with Crippen molar-refractivity contribution < 1.29 is 18.3 Å². The number of imidazole rings is 1. The van der Waals surface area contributed by atoms with Gasteiger partial charge in [0.25, 0.3) is 0 Å². The summed E-state index contributed by atoms with van der Waals surface area (Å²) in [6.45, 7) is 0.925. The topological polar surface area (TPSA) is 81.4 Å². The first-order chi connectivity index (χ1) is 14.4. The molecule has 1 aliphatic rings. The van der Waals surface area contributed by atoms with Gasteiger partial charge in [0, 0.05) is 11.4 Å². The molecule has 0 bridgehead atoms. The second-order valence-electron chi connectivity index (χ2n) is 7.90. The Balaban J connectivity index is 1.43. The van der Waals surface area contributed by atoms with E-state index in [-0.39, 0.29) is 24.0 Å². The Hall–Kier alpha value is -1.93. The maximum absolute atomic E-state index is 11.8. The Kier molecular flexibility index (Phi) is 6.43. The van der Waals surface area contributed by atoms with E-state index in [1.54, 1.807) is 0 Å². The van der Waals surface area contributed by atoms with Gasteiger partial charge in [0.1, 0.15) is 5.82 Å². The molecule has 0 aliphatic carbocycles. The largest absolute Gasteiger partial charge is 0.389 e. The quantitative estimate of drug-likeness (QED) is 0.572. The normalized spacial score (nSPS) is 19.3. The summed E-state index contributed by atoms with van der Waals surface area (Å²) in [5.41, 5.74) is 2.77. The van der Waals surface area contributed by atoms with Gasteiger partial charge in [0.2, 0.25) is 0 Å². The molecule has 30 heavy (non-hydrogen) atoms. The zero-order valence-electron chi connectivity index (χ0n) is 16.6. The highest BCUT2D eigenvalue weighted by Crippen LogP contribution is 2.25. The molecule has 160 valence electrons. The van der Waals surface area contributed by atoms with Crippen molar-refractivity contribution in [2.75, 3.05) is 18.1 Å². The number of aromatic nitrogens is 2. The number of hydrogen-bond acceptors (Lipinski definition) is 5. The molecule has 2 atom stereocenters. The lowest BCUT2D eigenvalue weighted by molar-refractivity contribution is 0.0205. The number of benzene rings is 2. The van der Waals surface area contributed by atoms with E-state index in [1.165, 1.54) is 0 Å². The van der Waals surface area contributed by atoms with Gasteiger partial charge >= 0.3 is 0 Å². The number of aliphatic hydroxyl groups excluding tert-OH is 1. The molecular weight excluding hydrogens is 424 g/mol. The molecule has 0 saturated carbocycles. The van der Waals surface area contributed by atoms with E-state index in [0.717, 1.165) is 22.4 Å². The second kappa shape index (κ2) is 9.06. The fourth-order valence-electron chi connectivity index (χ4n) is 3.93.